The number of aromatic nitrogens is 3. The van der Waals surface area contributed by atoms with Gasteiger partial charge in [-0.25, -0.2) is 9.50 Å². The van der Waals surface area contributed by atoms with Crippen LogP contribution in [0.3, 0.4) is 0 Å². The van der Waals surface area contributed by atoms with Crippen molar-refractivity contribution in [3.8, 4) is 0 Å². The van der Waals surface area contributed by atoms with Crippen LogP contribution in [-0.2, 0) is 6.18 Å². The van der Waals surface area contributed by atoms with Crippen LogP contribution in [0.2, 0.25) is 0 Å². The van der Waals surface area contributed by atoms with Gasteiger partial charge in [0.25, 0.3) is 5.91 Å². The van der Waals surface area contributed by atoms with Gasteiger partial charge in [-0.2, -0.15) is 18.3 Å². The van der Waals surface area contributed by atoms with Gasteiger partial charge in [-0.05, 0) is 25.3 Å². The molecule has 0 atom stereocenters. The van der Waals surface area contributed by atoms with E-state index in [2.05, 4.69) is 15.4 Å². The Hall–Kier alpha value is -2.12. The highest BCUT2D eigenvalue weighted by Gasteiger charge is 2.37. The fraction of sp³-hybridized carbons (Fsp3) is 0.533. The van der Waals surface area contributed by atoms with Crippen molar-refractivity contribution < 1.29 is 18.0 Å². The van der Waals surface area contributed by atoms with Crippen LogP contribution in [0.5, 0.6) is 0 Å². The summed E-state index contributed by atoms with van der Waals surface area (Å²) in [7, 11) is 0. The third-order valence-electron chi connectivity index (χ3n) is 3.78. The number of alkyl halides is 3. The number of hydrogen-bond donors (Lipinski definition) is 1. The Morgan fingerprint density at radius 2 is 2.13 bits per heavy atom. The van der Waals surface area contributed by atoms with Crippen molar-refractivity contribution in [1.82, 2.24) is 19.9 Å². The number of rotatable bonds is 5. The van der Waals surface area contributed by atoms with Gasteiger partial charge in [0.15, 0.2) is 11.3 Å². The average molecular weight is 326 g/mol. The van der Waals surface area contributed by atoms with Crippen molar-refractivity contribution in [1.29, 1.82) is 0 Å². The first-order chi connectivity index (χ1) is 10.9. The number of carbonyl (C=O) groups excluding carboxylic acids is 1. The Balaban J connectivity index is 1.98. The Kier molecular flexibility index (Phi) is 3.99. The normalized spacial score (nSPS) is 15.1. The van der Waals surface area contributed by atoms with Crippen molar-refractivity contribution in [3.05, 3.63) is 29.2 Å². The fourth-order valence-electron chi connectivity index (χ4n) is 2.36. The van der Waals surface area contributed by atoms with E-state index in [1.165, 1.54) is 6.07 Å². The standard InChI is InChI=1S/C15H17F3N4O/c1-2-3-6-19-14(23)11-8-13-20-10(9-4-5-9)7-12(15(16,17)18)22(13)21-11/h7-9H,2-6H2,1H3,(H,19,23). The molecule has 0 aliphatic heterocycles. The molecule has 23 heavy (non-hydrogen) atoms. The molecule has 1 amide bonds. The predicted octanol–water partition coefficient (Wildman–Crippen LogP) is 3.16. The minimum atomic E-state index is -4.55. The third kappa shape index (κ3) is 3.30. The SMILES string of the molecule is CCCCNC(=O)c1cc2nc(C3CC3)cc(C(F)(F)F)n2n1. The van der Waals surface area contributed by atoms with E-state index in [1.807, 2.05) is 6.92 Å². The smallest absolute Gasteiger partial charge is 0.351 e. The van der Waals surface area contributed by atoms with Crippen LogP contribution in [0.15, 0.2) is 12.1 Å². The Morgan fingerprint density at radius 1 is 1.39 bits per heavy atom. The zero-order valence-electron chi connectivity index (χ0n) is 12.7. The van der Waals surface area contributed by atoms with E-state index in [4.69, 9.17) is 0 Å². The first-order valence-corrected chi connectivity index (χ1v) is 7.66. The lowest BCUT2D eigenvalue weighted by Gasteiger charge is -2.10. The number of nitrogens with zero attached hydrogens (tertiary/aromatic N) is 3. The maximum atomic E-state index is 13.3. The van der Waals surface area contributed by atoms with Crippen molar-refractivity contribution in [3.63, 3.8) is 0 Å². The largest absolute Gasteiger partial charge is 0.433 e. The van der Waals surface area contributed by atoms with E-state index in [9.17, 15) is 18.0 Å². The lowest BCUT2D eigenvalue weighted by molar-refractivity contribution is -0.142. The van der Waals surface area contributed by atoms with Crippen molar-refractivity contribution in [2.24, 2.45) is 0 Å². The highest BCUT2D eigenvalue weighted by molar-refractivity contribution is 5.93. The van der Waals surface area contributed by atoms with Gasteiger partial charge in [-0.1, -0.05) is 13.3 Å². The summed E-state index contributed by atoms with van der Waals surface area (Å²) in [5, 5.41) is 6.45. The van der Waals surface area contributed by atoms with Gasteiger partial charge in [0.2, 0.25) is 0 Å². The molecule has 0 saturated heterocycles. The molecule has 1 aliphatic rings. The second-order valence-electron chi connectivity index (χ2n) is 5.75. The summed E-state index contributed by atoms with van der Waals surface area (Å²) in [4.78, 5) is 16.2. The Morgan fingerprint density at radius 3 is 2.74 bits per heavy atom. The molecule has 0 radical (unpaired) electrons. The van der Waals surface area contributed by atoms with E-state index in [-0.39, 0.29) is 17.3 Å². The lowest BCUT2D eigenvalue weighted by atomic mass is 10.2. The van der Waals surface area contributed by atoms with Gasteiger partial charge in [-0.15, -0.1) is 0 Å². The van der Waals surface area contributed by atoms with E-state index in [0.29, 0.717) is 16.8 Å². The van der Waals surface area contributed by atoms with Gasteiger partial charge in [0.05, 0.1) is 0 Å². The third-order valence-corrected chi connectivity index (χ3v) is 3.78. The molecule has 8 heteroatoms. The number of fused-ring (bicyclic) bond motifs is 1. The highest BCUT2D eigenvalue weighted by Crippen LogP contribution is 2.41. The highest BCUT2D eigenvalue weighted by atomic mass is 19.4. The summed E-state index contributed by atoms with van der Waals surface area (Å²) in [5.74, 6) is -0.400. The maximum Gasteiger partial charge on any atom is 0.433 e. The van der Waals surface area contributed by atoms with E-state index in [1.54, 1.807) is 0 Å². The number of amides is 1. The molecule has 124 valence electrons. The fourth-order valence-corrected chi connectivity index (χ4v) is 2.36. The summed E-state index contributed by atoms with van der Waals surface area (Å²) < 4.78 is 40.5. The summed E-state index contributed by atoms with van der Waals surface area (Å²) >= 11 is 0. The van der Waals surface area contributed by atoms with Crippen LogP contribution in [-0.4, -0.2) is 27.0 Å². The van der Waals surface area contributed by atoms with Crippen molar-refractivity contribution in [2.45, 2.75) is 44.7 Å². The molecule has 0 unspecified atom stereocenters. The monoisotopic (exact) mass is 326 g/mol. The van der Waals surface area contributed by atoms with Crippen molar-refractivity contribution >= 4 is 11.6 Å². The summed E-state index contributed by atoms with van der Waals surface area (Å²) in [6.07, 6.45) is -1.14. The second-order valence-corrected chi connectivity index (χ2v) is 5.75. The van der Waals surface area contributed by atoms with Crippen LogP contribution in [0.1, 0.15) is 60.4 Å². The van der Waals surface area contributed by atoms with Crippen LogP contribution in [0.4, 0.5) is 13.2 Å². The molecule has 1 aliphatic carbocycles. The van der Waals surface area contributed by atoms with E-state index < -0.39 is 17.8 Å². The van der Waals surface area contributed by atoms with Gasteiger partial charge in [0.1, 0.15) is 5.69 Å². The molecule has 1 saturated carbocycles. The molecular weight excluding hydrogens is 309 g/mol. The number of nitrogens with one attached hydrogen (secondary N) is 1. The van der Waals surface area contributed by atoms with E-state index >= 15 is 0 Å². The minimum Gasteiger partial charge on any atom is -0.351 e. The zero-order chi connectivity index (χ0) is 16.6. The van der Waals surface area contributed by atoms with Crippen LogP contribution in [0, 0.1) is 0 Å². The minimum absolute atomic E-state index is 0.0490. The Bertz CT molecular complexity index is 734. The molecule has 1 N–H and O–H groups in total. The van der Waals surface area contributed by atoms with Gasteiger partial charge in [-0.3, -0.25) is 4.79 Å². The first-order valence-electron chi connectivity index (χ1n) is 7.66. The molecule has 0 spiro atoms. The van der Waals surface area contributed by atoms with Gasteiger partial charge < -0.3 is 5.32 Å². The predicted molar refractivity (Wildman–Crippen MR) is 77.2 cm³/mol. The van der Waals surface area contributed by atoms with Crippen LogP contribution >= 0.6 is 0 Å². The molecule has 3 rings (SSSR count). The van der Waals surface area contributed by atoms with Gasteiger partial charge in [0, 0.05) is 24.2 Å². The average Bonchev–Trinajstić information content (AvgIpc) is 3.24. The second kappa shape index (κ2) is 5.82. The Labute approximate surface area is 130 Å². The molecule has 1 fully saturated rings. The van der Waals surface area contributed by atoms with Gasteiger partial charge >= 0.3 is 6.18 Å². The number of halogens is 3. The molecule has 0 aromatic carbocycles. The molecule has 2 aromatic rings. The quantitative estimate of drug-likeness (QED) is 0.859. The topological polar surface area (TPSA) is 59.3 Å². The maximum absolute atomic E-state index is 13.3. The van der Waals surface area contributed by atoms with Crippen LogP contribution < -0.4 is 5.32 Å². The van der Waals surface area contributed by atoms with E-state index in [0.717, 1.165) is 31.7 Å². The summed E-state index contributed by atoms with van der Waals surface area (Å²) in [6, 6.07) is 2.35. The lowest BCUT2D eigenvalue weighted by Crippen LogP contribution is -2.25. The van der Waals surface area contributed by atoms with Crippen LogP contribution in [0.25, 0.3) is 5.65 Å². The number of hydrogen-bond acceptors (Lipinski definition) is 3. The molecule has 0 bridgehead atoms. The molecular formula is C15H17F3N4O. The first kappa shape index (κ1) is 15.8. The summed E-state index contributed by atoms with van der Waals surface area (Å²) in [5.41, 5.74) is -0.464. The van der Waals surface area contributed by atoms with Crippen molar-refractivity contribution in [2.75, 3.05) is 6.54 Å². The molecule has 2 aromatic heterocycles. The molecule has 2 heterocycles. The molecule has 5 nitrogen and oxygen atoms in total. The number of unbranched alkanes of at least 4 members (excludes halogenated alkanes) is 1. The number of carbonyl (C=O) groups is 1. The zero-order valence-corrected chi connectivity index (χ0v) is 12.7. The summed E-state index contributed by atoms with van der Waals surface area (Å²) in [6.45, 7) is 2.45.